The van der Waals surface area contributed by atoms with Crippen LogP contribution in [0.1, 0.15) is 5.56 Å². The van der Waals surface area contributed by atoms with Crippen molar-refractivity contribution in [2.75, 3.05) is 7.11 Å². The monoisotopic (exact) mass is 317 g/mol. The molecule has 0 aliphatic rings. The first-order valence-corrected chi connectivity index (χ1v) is 7.00. The molecule has 6 heteroatoms. The number of nitrogens with zero attached hydrogens (tertiary/aromatic N) is 3. The Morgan fingerprint density at radius 3 is 2.86 bits per heavy atom. The Morgan fingerprint density at radius 2 is 2.09 bits per heavy atom. The van der Waals surface area contributed by atoms with Crippen molar-refractivity contribution in [3.8, 4) is 17.0 Å². The van der Waals surface area contributed by atoms with E-state index in [1.165, 1.54) is 12.1 Å². The van der Waals surface area contributed by atoms with E-state index < -0.39 is 5.82 Å². The van der Waals surface area contributed by atoms with Crippen LogP contribution in [0.25, 0.3) is 11.3 Å². The van der Waals surface area contributed by atoms with E-state index in [2.05, 4.69) is 10.1 Å². The van der Waals surface area contributed by atoms with Crippen LogP contribution in [0.3, 0.4) is 0 Å². The van der Waals surface area contributed by atoms with E-state index in [1.54, 1.807) is 30.3 Å². The van der Waals surface area contributed by atoms with Gasteiger partial charge in [0.05, 0.1) is 30.6 Å². The second-order valence-corrected chi connectivity index (χ2v) is 5.17. The van der Waals surface area contributed by atoms with Gasteiger partial charge in [-0.15, -0.1) is 0 Å². The van der Waals surface area contributed by atoms with Crippen LogP contribution in [0.2, 0.25) is 5.02 Å². The Morgan fingerprint density at radius 1 is 1.23 bits per heavy atom. The highest BCUT2D eigenvalue weighted by molar-refractivity contribution is 6.30. The van der Waals surface area contributed by atoms with E-state index in [9.17, 15) is 4.39 Å². The summed E-state index contributed by atoms with van der Waals surface area (Å²) >= 11 is 5.69. The predicted molar refractivity (Wildman–Crippen MR) is 82.5 cm³/mol. The van der Waals surface area contributed by atoms with Crippen molar-refractivity contribution in [2.45, 2.75) is 6.54 Å². The number of hydrogen-bond acceptors (Lipinski definition) is 3. The van der Waals surface area contributed by atoms with Crippen LogP contribution in [0.4, 0.5) is 4.39 Å². The van der Waals surface area contributed by atoms with E-state index in [1.807, 2.05) is 18.3 Å². The molecule has 2 aromatic heterocycles. The van der Waals surface area contributed by atoms with Crippen LogP contribution in [-0.2, 0) is 6.54 Å². The van der Waals surface area contributed by atoms with Crippen molar-refractivity contribution in [1.82, 2.24) is 14.8 Å². The summed E-state index contributed by atoms with van der Waals surface area (Å²) in [4.78, 5) is 4.11. The van der Waals surface area contributed by atoms with Gasteiger partial charge in [-0.1, -0.05) is 17.7 Å². The van der Waals surface area contributed by atoms with Crippen molar-refractivity contribution < 1.29 is 9.13 Å². The fraction of sp³-hybridized carbons (Fsp3) is 0.125. The molecular weight excluding hydrogens is 305 g/mol. The Hall–Kier alpha value is -2.40. The topological polar surface area (TPSA) is 39.9 Å². The molecule has 4 nitrogen and oxygen atoms in total. The Balaban J connectivity index is 1.82. The fourth-order valence-corrected chi connectivity index (χ4v) is 2.23. The molecule has 22 heavy (non-hydrogen) atoms. The number of hydrogen-bond donors (Lipinski definition) is 0. The molecule has 0 aliphatic heterocycles. The molecule has 3 rings (SSSR count). The van der Waals surface area contributed by atoms with E-state index in [0.29, 0.717) is 23.6 Å². The number of halogens is 2. The summed E-state index contributed by atoms with van der Waals surface area (Å²) in [6.45, 7) is 0.556. The van der Waals surface area contributed by atoms with Crippen molar-refractivity contribution in [3.05, 3.63) is 65.3 Å². The van der Waals surface area contributed by atoms with Crippen molar-refractivity contribution in [1.29, 1.82) is 0 Å². The lowest BCUT2D eigenvalue weighted by Gasteiger charge is -2.04. The van der Waals surface area contributed by atoms with Crippen molar-refractivity contribution >= 4 is 11.6 Å². The predicted octanol–water partition coefficient (Wildman–Crippen LogP) is 3.79. The average Bonchev–Trinajstić information content (AvgIpc) is 2.98. The number of ether oxygens (including phenoxy) is 1. The Bertz CT molecular complexity index is 804. The first-order chi connectivity index (χ1) is 10.7. The highest BCUT2D eigenvalue weighted by Gasteiger charge is 2.07. The van der Waals surface area contributed by atoms with Gasteiger partial charge in [-0.3, -0.25) is 9.67 Å². The van der Waals surface area contributed by atoms with Crippen LogP contribution in [0.5, 0.6) is 5.75 Å². The molecule has 1 aromatic carbocycles. The second-order valence-electron chi connectivity index (χ2n) is 4.76. The minimum Gasteiger partial charge on any atom is -0.495 e. The maximum atomic E-state index is 13.5. The molecule has 3 aromatic rings. The van der Waals surface area contributed by atoms with Gasteiger partial charge in [0.1, 0.15) is 11.6 Å². The van der Waals surface area contributed by atoms with Crippen LogP contribution in [0.15, 0.2) is 48.9 Å². The quantitative estimate of drug-likeness (QED) is 0.735. The summed E-state index contributed by atoms with van der Waals surface area (Å²) in [5.41, 5.74) is 2.34. The first-order valence-electron chi connectivity index (χ1n) is 6.62. The van der Waals surface area contributed by atoms with Crippen molar-refractivity contribution in [2.24, 2.45) is 0 Å². The summed E-state index contributed by atoms with van der Waals surface area (Å²) in [6.07, 6.45) is 5.24. The summed E-state index contributed by atoms with van der Waals surface area (Å²) in [6, 6.07) is 8.37. The highest BCUT2D eigenvalue weighted by Crippen LogP contribution is 2.23. The Labute approximate surface area is 132 Å². The molecule has 0 N–H and O–H groups in total. The molecule has 0 spiro atoms. The third-order valence-corrected chi connectivity index (χ3v) is 3.51. The van der Waals surface area contributed by atoms with Crippen LogP contribution in [-0.4, -0.2) is 21.9 Å². The molecule has 0 atom stereocenters. The van der Waals surface area contributed by atoms with Gasteiger partial charge in [-0.25, -0.2) is 4.39 Å². The van der Waals surface area contributed by atoms with Gasteiger partial charge in [0.25, 0.3) is 0 Å². The zero-order valence-corrected chi connectivity index (χ0v) is 12.6. The van der Waals surface area contributed by atoms with Gasteiger partial charge in [0, 0.05) is 18.0 Å². The Kier molecular flexibility index (Phi) is 4.06. The number of aromatic nitrogens is 3. The third kappa shape index (κ3) is 3.09. The molecule has 0 fully saturated rings. The minimum atomic E-state index is -0.453. The van der Waals surface area contributed by atoms with Gasteiger partial charge in [0.15, 0.2) is 0 Å². The molecular formula is C16H13ClFN3O. The zero-order chi connectivity index (χ0) is 15.5. The maximum Gasteiger partial charge on any atom is 0.142 e. The molecule has 0 saturated heterocycles. The largest absolute Gasteiger partial charge is 0.495 e. The first kappa shape index (κ1) is 14.5. The minimum absolute atomic E-state index is 0.102. The molecule has 0 saturated carbocycles. The summed E-state index contributed by atoms with van der Waals surface area (Å²) < 4.78 is 20.4. The van der Waals surface area contributed by atoms with E-state index in [0.717, 1.165) is 5.56 Å². The SMILES string of the molecule is COc1cncc(Cn2ccc(-c3ccc(Cl)c(F)c3)n2)c1. The average molecular weight is 318 g/mol. The smallest absolute Gasteiger partial charge is 0.142 e. The maximum absolute atomic E-state index is 13.5. The fourth-order valence-electron chi connectivity index (χ4n) is 2.11. The lowest BCUT2D eigenvalue weighted by atomic mass is 10.1. The normalized spacial score (nSPS) is 10.7. The van der Waals surface area contributed by atoms with Crippen LogP contribution in [0, 0.1) is 5.82 Å². The van der Waals surface area contributed by atoms with Gasteiger partial charge < -0.3 is 4.74 Å². The van der Waals surface area contributed by atoms with E-state index >= 15 is 0 Å². The zero-order valence-electron chi connectivity index (χ0n) is 11.8. The van der Waals surface area contributed by atoms with Gasteiger partial charge >= 0.3 is 0 Å². The van der Waals surface area contributed by atoms with Crippen LogP contribution < -0.4 is 4.74 Å². The lowest BCUT2D eigenvalue weighted by molar-refractivity contribution is 0.412. The molecule has 0 unspecified atom stereocenters. The molecule has 0 amide bonds. The summed E-state index contributed by atoms with van der Waals surface area (Å²) in [7, 11) is 1.60. The number of methoxy groups -OCH3 is 1. The van der Waals surface area contributed by atoms with E-state index in [4.69, 9.17) is 16.3 Å². The van der Waals surface area contributed by atoms with Crippen molar-refractivity contribution in [3.63, 3.8) is 0 Å². The van der Waals surface area contributed by atoms with Gasteiger partial charge in [-0.2, -0.15) is 5.10 Å². The van der Waals surface area contributed by atoms with Crippen LogP contribution >= 0.6 is 11.6 Å². The number of benzene rings is 1. The highest BCUT2D eigenvalue weighted by atomic mass is 35.5. The third-order valence-electron chi connectivity index (χ3n) is 3.21. The standard InChI is InChI=1S/C16H13ClFN3O/c1-22-13-6-11(8-19-9-13)10-21-5-4-16(20-21)12-2-3-14(17)15(18)7-12/h2-9H,10H2,1H3. The van der Waals surface area contributed by atoms with E-state index in [-0.39, 0.29) is 5.02 Å². The summed E-state index contributed by atoms with van der Waals surface area (Å²) in [5, 5.41) is 4.54. The number of pyridine rings is 1. The molecule has 2 heterocycles. The lowest BCUT2D eigenvalue weighted by Crippen LogP contribution is -2.01. The number of rotatable bonds is 4. The molecule has 0 radical (unpaired) electrons. The van der Waals surface area contributed by atoms with Gasteiger partial charge in [-0.05, 0) is 29.8 Å². The van der Waals surface area contributed by atoms with Gasteiger partial charge in [0.2, 0.25) is 0 Å². The second kappa shape index (κ2) is 6.15. The molecule has 112 valence electrons. The molecule has 0 aliphatic carbocycles. The summed E-state index contributed by atoms with van der Waals surface area (Å²) in [5.74, 6) is 0.246. The molecule has 0 bridgehead atoms.